The molecule has 0 unspecified atom stereocenters. The lowest BCUT2D eigenvalue weighted by Gasteiger charge is -2.12. The molecule has 0 bridgehead atoms. The van der Waals surface area contributed by atoms with Crippen molar-refractivity contribution in [2.24, 2.45) is 0 Å². The smallest absolute Gasteiger partial charge is 0.293 e. The molecule has 0 N–H and O–H groups in total. The monoisotopic (exact) mass is 377 g/mol. The van der Waals surface area contributed by atoms with Crippen LogP contribution in [-0.4, -0.2) is 22.6 Å². The van der Waals surface area contributed by atoms with Crippen LogP contribution < -0.4 is 5.43 Å². The standard InChI is InChI=1S/C21H15NO4S/c23-19-15(13-26-17-9-5-4-8-16(17)19)12-18-20(24)22(21(25)27-18)11-10-14-6-2-1-3-7-14/h1-9,12-13H,10-11H2. The van der Waals surface area contributed by atoms with Crippen LogP contribution in [0.2, 0.25) is 0 Å². The van der Waals surface area contributed by atoms with Gasteiger partial charge in [-0.1, -0.05) is 42.5 Å². The van der Waals surface area contributed by atoms with Gasteiger partial charge in [0, 0.05) is 6.54 Å². The minimum absolute atomic E-state index is 0.229. The van der Waals surface area contributed by atoms with Crippen LogP contribution in [0.4, 0.5) is 4.79 Å². The van der Waals surface area contributed by atoms with E-state index in [1.165, 1.54) is 17.2 Å². The Morgan fingerprint density at radius 1 is 0.963 bits per heavy atom. The van der Waals surface area contributed by atoms with E-state index >= 15 is 0 Å². The SMILES string of the molecule is O=C1SC(=Cc2coc3ccccc3c2=O)C(=O)N1CCc1ccccc1. The van der Waals surface area contributed by atoms with E-state index in [0.29, 0.717) is 23.9 Å². The van der Waals surface area contributed by atoms with Crippen molar-refractivity contribution in [3.8, 4) is 0 Å². The van der Waals surface area contributed by atoms with Gasteiger partial charge in [-0.2, -0.15) is 0 Å². The van der Waals surface area contributed by atoms with E-state index in [1.54, 1.807) is 24.3 Å². The molecule has 134 valence electrons. The summed E-state index contributed by atoms with van der Waals surface area (Å²) >= 11 is 0.844. The number of hydrogen-bond acceptors (Lipinski definition) is 5. The lowest BCUT2D eigenvalue weighted by molar-refractivity contribution is -0.122. The van der Waals surface area contributed by atoms with Crippen LogP contribution in [0, 0.1) is 0 Å². The summed E-state index contributed by atoms with van der Waals surface area (Å²) in [5, 5.41) is 0.113. The van der Waals surface area contributed by atoms with E-state index in [0.717, 1.165) is 17.3 Å². The zero-order valence-electron chi connectivity index (χ0n) is 14.3. The summed E-state index contributed by atoms with van der Waals surface area (Å²) in [6.07, 6.45) is 3.35. The molecule has 4 rings (SSSR count). The first-order valence-corrected chi connectivity index (χ1v) is 9.25. The molecule has 0 atom stereocenters. The largest absolute Gasteiger partial charge is 0.463 e. The molecule has 5 nitrogen and oxygen atoms in total. The molecule has 2 aromatic carbocycles. The summed E-state index contributed by atoms with van der Waals surface area (Å²) in [5.74, 6) is -0.381. The number of para-hydroxylation sites is 1. The molecule has 0 radical (unpaired) electrons. The van der Waals surface area contributed by atoms with Crippen molar-refractivity contribution >= 4 is 40.0 Å². The zero-order valence-corrected chi connectivity index (χ0v) is 15.1. The molecule has 0 spiro atoms. The van der Waals surface area contributed by atoms with Crippen LogP contribution in [0.3, 0.4) is 0 Å². The van der Waals surface area contributed by atoms with Crippen LogP contribution in [0.5, 0.6) is 0 Å². The predicted molar refractivity (Wildman–Crippen MR) is 105 cm³/mol. The molecule has 1 aliphatic rings. The minimum atomic E-state index is -0.381. The Bertz CT molecular complexity index is 1120. The normalized spacial score (nSPS) is 15.9. The molecular formula is C21H15NO4S. The van der Waals surface area contributed by atoms with E-state index in [4.69, 9.17) is 4.42 Å². The summed E-state index contributed by atoms with van der Waals surface area (Å²) in [6, 6.07) is 16.6. The van der Waals surface area contributed by atoms with Gasteiger partial charge < -0.3 is 4.42 Å². The first kappa shape index (κ1) is 17.3. The number of carbonyl (C=O) groups excluding carboxylic acids is 2. The molecule has 6 heteroatoms. The average Bonchev–Trinajstić information content (AvgIpc) is 2.96. The van der Waals surface area contributed by atoms with Crippen LogP contribution in [0.25, 0.3) is 17.0 Å². The molecule has 1 fully saturated rings. The maximum atomic E-state index is 12.6. The van der Waals surface area contributed by atoms with Gasteiger partial charge in [-0.15, -0.1) is 0 Å². The quantitative estimate of drug-likeness (QED) is 0.641. The van der Waals surface area contributed by atoms with Crippen molar-refractivity contribution in [3.05, 3.63) is 87.1 Å². The summed E-state index contributed by atoms with van der Waals surface area (Å²) in [5.41, 5.74) is 1.56. The number of imide groups is 1. The van der Waals surface area contributed by atoms with E-state index in [9.17, 15) is 14.4 Å². The third kappa shape index (κ3) is 3.44. The number of benzene rings is 2. The van der Waals surface area contributed by atoms with Crippen molar-refractivity contribution in [1.29, 1.82) is 0 Å². The van der Waals surface area contributed by atoms with Crippen molar-refractivity contribution < 1.29 is 14.0 Å². The Labute approximate surface area is 159 Å². The fourth-order valence-corrected chi connectivity index (χ4v) is 3.77. The molecule has 2 amide bonds. The lowest BCUT2D eigenvalue weighted by Crippen LogP contribution is -2.30. The Kier molecular flexibility index (Phi) is 4.64. The Balaban J connectivity index is 1.58. The maximum absolute atomic E-state index is 12.6. The topological polar surface area (TPSA) is 67.6 Å². The maximum Gasteiger partial charge on any atom is 0.293 e. The first-order chi connectivity index (χ1) is 13.1. The number of rotatable bonds is 4. The van der Waals surface area contributed by atoms with Crippen molar-refractivity contribution in [3.63, 3.8) is 0 Å². The van der Waals surface area contributed by atoms with Gasteiger partial charge >= 0.3 is 0 Å². The van der Waals surface area contributed by atoms with E-state index < -0.39 is 0 Å². The van der Waals surface area contributed by atoms with E-state index in [-0.39, 0.29) is 27.0 Å². The van der Waals surface area contributed by atoms with Gasteiger partial charge in [0.25, 0.3) is 11.1 Å². The van der Waals surface area contributed by atoms with Crippen LogP contribution in [-0.2, 0) is 11.2 Å². The number of hydrogen-bond donors (Lipinski definition) is 0. The summed E-state index contributed by atoms with van der Waals surface area (Å²) in [6.45, 7) is 0.304. The first-order valence-electron chi connectivity index (χ1n) is 8.43. The number of amides is 2. The summed E-state index contributed by atoms with van der Waals surface area (Å²) in [4.78, 5) is 38.8. The van der Waals surface area contributed by atoms with Gasteiger partial charge in [0.1, 0.15) is 11.8 Å². The second kappa shape index (κ2) is 7.25. The molecule has 27 heavy (non-hydrogen) atoms. The van der Waals surface area contributed by atoms with Crippen LogP contribution >= 0.6 is 11.8 Å². The van der Waals surface area contributed by atoms with Crippen molar-refractivity contribution in [1.82, 2.24) is 4.90 Å². The average molecular weight is 377 g/mol. The highest BCUT2D eigenvalue weighted by Gasteiger charge is 2.34. The molecule has 1 aliphatic heterocycles. The molecule has 2 heterocycles. The fraction of sp³-hybridized carbons (Fsp3) is 0.0952. The third-order valence-corrected chi connectivity index (χ3v) is 5.24. The second-order valence-electron chi connectivity index (χ2n) is 6.09. The highest BCUT2D eigenvalue weighted by molar-refractivity contribution is 8.18. The highest BCUT2D eigenvalue weighted by atomic mass is 32.2. The lowest BCUT2D eigenvalue weighted by atomic mass is 10.1. The Hall–Kier alpha value is -3.12. The van der Waals surface area contributed by atoms with Gasteiger partial charge in [0.05, 0.1) is 15.9 Å². The van der Waals surface area contributed by atoms with E-state index in [2.05, 4.69) is 0 Å². The van der Waals surface area contributed by atoms with Gasteiger partial charge in [-0.25, -0.2) is 0 Å². The van der Waals surface area contributed by atoms with E-state index in [1.807, 2.05) is 30.3 Å². The zero-order chi connectivity index (χ0) is 18.8. The molecule has 1 aromatic heterocycles. The van der Waals surface area contributed by atoms with Crippen LogP contribution in [0.1, 0.15) is 11.1 Å². The number of thioether (sulfide) groups is 1. The van der Waals surface area contributed by atoms with Gasteiger partial charge in [0.15, 0.2) is 5.43 Å². The molecule has 3 aromatic rings. The van der Waals surface area contributed by atoms with Gasteiger partial charge in [0.2, 0.25) is 0 Å². The van der Waals surface area contributed by atoms with Gasteiger partial charge in [-0.05, 0) is 42.0 Å². The van der Waals surface area contributed by atoms with Crippen molar-refractivity contribution in [2.45, 2.75) is 6.42 Å². The number of fused-ring (bicyclic) bond motifs is 1. The number of carbonyl (C=O) groups is 2. The van der Waals surface area contributed by atoms with Gasteiger partial charge in [-0.3, -0.25) is 19.3 Å². The van der Waals surface area contributed by atoms with Crippen LogP contribution in [0.15, 0.2) is 75.0 Å². The Morgan fingerprint density at radius 2 is 1.70 bits per heavy atom. The highest BCUT2D eigenvalue weighted by Crippen LogP contribution is 2.32. The van der Waals surface area contributed by atoms with Crippen molar-refractivity contribution in [2.75, 3.05) is 6.54 Å². The Morgan fingerprint density at radius 3 is 2.52 bits per heavy atom. The molecule has 0 aliphatic carbocycles. The molecule has 0 saturated carbocycles. The third-order valence-electron chi connectivity index (χ3n) is 4.33. The summed E-state index contributed by atoms with van der Waals surface area (Å²) < 4.78 is 5.46. The second-order valence-corrected chi connectivity index (χ2v) is 7.08. The number of nitrogens with zero attached hydrogens (tertiary/aromatic N) is 1. The summed E-state index contributed by atoms with van der Waals surface area (Å²) in [7, 11) is 0. The predicted octanol–water partition coefficient (Wildman–Crippen LogP) is 4.07. The molecule has 1 saturated heterocycles. The minimum Gasteiger partial charge on any atom is -0.463 e. The fourth-order valence-electron chi connectivity index (χ4n) is 2.91. The molecular weight excluding hydrogens is 362 g/mol.